The first kappa shape index (κ1) is 16.0. The van der Waals surface area contributed by atoms with E-state index in [0.29, 0.717) is 10.2 Å². The molecule has 1 aliphatic rings. The Hall–Kier alpha value is -2.47. The van der Waals surface area contributed by atoms with E-state index < -0.39 is 0 Å². The number of thiophene rings is 1. The predicted molar refractivity (Wildman–Crippen MR) is 98.8 cm³/mol. The Morgan fingerprint density at radius 3 is 3.08 bits per heavy atom. The van der Waals surface area contributed by atoms with E-state index in [4.69, 9.17) is 0 Å². The quantitative estimate of drug-likeness (QED) is 0.727. The topological polar surface area (TPSA) is 55.2 Å². The van der Waals surface area contributed by atoms with Gasteiger partial charge in [-0.3, -0.25) is 14.2 Å². The predicted octanol–water partition coefficient (Wildman–Crippen LogP) is 2.99. The molecule has 0 saturated carbocycles. The van der Waals surface area contributed by atoms with Crippen molar-refractivity contribution < 1.29 is 4.79 Å². The molecule has 0 aliphatic heterocycles. The van der Waals surface area contributed by atoms with Gasteiger partial charge in [-0.1, -0.05) is 24.3 Å². The van der Waals surface area contributed by atoms with Crippen LogP contribution in [0.3, 0.4) is 0 Å². The standard InChI is InChI=1S/C19H19N3O2S/c1-21(16-8-4-6-13-5-2-3-7-14(13)16)17(23)11-22-12-20-18-15(19(22)24)9-10-25-18/h2-3,5,7,9-10,12,16H,4,6,8,11H2,1H3. The number of nitrogens with zero attached hydrogens (tertiary/aromatic N) is 3. The van der Waals surface area contributed by atoms with Gasteiger partial charge in [-0.2, -0.15) is 0 Å². The minimum Gasteiger partial charge on any atom is -0.337 e. The monoisotopic (exact) mass is 353 g/mol. The number of carbonyl (C=O) groups excluding carboxylic acids is 1. The van der Waals surface area contributed by atoms with Crippen LogP contribution in [0.4, 0.5) is 0 Å². The second-order valence-electron chi connectivity index (χ2n) is 6.43. The van der Waals surface area contributed by atoms with Gasteiger partial charge in [-0.15, -0.1) is 11.3 Å². The molecule has 128 valence electrons. The van der Waals surface area contributed by atoms with Crippen molar-refractivity contribution in [2.45, 2.75) is 31.8 Å². The van der Waals surface area contributed by atoms with E-state index in [-0.39, 0.29) is 24.1 Å². The molecule has 4 rings (SSSR count). The summed E-state index contributed by atoms with van der Waals surface area (Å²) < 4.78 is 1.41. The molecule has 0 radical (unpaired) electrons. The van der Waals surface area contributed by atoms with Crippen LogP contribution < -0.4 is 5.56 Å². The summed E-state index contributed by atoms with van der Waals surface area (Å²) in [5.74, 6) is -0.0693. The molecule has 1 aliphatic carbocycles. The molecule has 2 heterocycles. The summed E-state index contributed by atoms with van der Waals surface area (Å²) in [5, 5.41) is 2.42. The Labute approximate surface area is 149 Å². The van der Waals surface area contributed by atoms with Crippen LogP contribution >= 0.6 is 11.3 Å². The summed E-state index contributed by atoms with van der Waals surface area (Å²) in [7, 11) is 1.83. The van der Waals surface area contributed by atoms with Gasteiger partial charge in [-0.05, 0) is 41.8 Å². The highest BCUT2D eigenvalue weighted by atomic mass is 32.1. The first-order chi connectivity index (χ1) is 12.1. The Morgan fingerprint density at radius 1 is 1.36 bits per heavy atom. The Kier molecular flexibility index (Phi) is 4.13. The molecule has 5 nitrogen and oxygen atoms in total. The first-order valence-electron chi connectivity index (χ1n) is 8.41. The van der Waals surface area contributed by atoms with Crippen LogP contribution in [0.15, 0.2) is 46.8 Å². The van der Waals surface area contributed by atoms with E-state index in [9.17, 15) is 9.59 Å². The zero-order valence-electron chi connectivity index (χ0n) is 14.0. The highest BCUT2D eigenvalue weighted by Crippen LogP contribution is 2.33. The number of hydrogen-bond acceptors (Lipinski definition) is 4. The minimum atomic E-state index is -0.156. The SMILES string of the molecule is CN(C(=O)Cn1cnc2sccc2c1=O)C1CCCc2ccccc21. The molecule has 0 bridgehead atoms. The molecule has 6 heteroatoms. The number of likely N-dealkylation sites (N-methyl/N-ethyl adjacent to an activating group) is 1. The van der Waals surface area contributed by atoms with E-state index in [1.165, 1.54) is 33.4 Å². The van der Waals surface area contributed by atoms with Crippen LogP contribution in [0.2, 0.25) is 0 Å². The maximum Gasteiger partial charge on any atom is 0.262 e. The van der Waals surface area contributed by atoms with Crippen molar-refractivity contribution in [1.29, 1.82) is 0 Å². The fourth-order valence-electron chi connectivity index (χ4n) is 3.57. The third-order valence-electron chi connectivity index (χ3n) is 4.95. The van der Waals surface area contributed by atoms with E-state index in [1.807, 2.05) is 24.6 Å². The number of aromatic nitrogens is 2. The molecular formula is C19H19N3O2S. The van der Waals surface area contributed by atoms with Gasteiger partial charge in [-0.25, -0.2) is 4.98 Å². The van der Waals surface area contributed by atoms with Gasteiger partial charge in [0.05, 0.1) is 17.8 Å². The van der Waals surface area contributed by atoms with Crippen LogP contribution in [-0.4, -0.2) is 27.4 Å². The van der Waals surface area contributed by atoms with Gasteiger partial charge in [0.15, 0.2) is 0 Å². The molecule has 0 N–H and O–H groups in total. The molecule has 3 aromatic rings. The fraction of sp³-hybridized carbons (Fsp3) is 0.316. The van der Waals surface area contributed by atoms with Crippen molar-refractivity contribution in [3.05, 3.63) is 63.5 Å². The molecule has 2 aromatic heterocycles. The summed E-state index contributed by atoms with van der Waals surface area (Å²) in [6.45, 7) is 0.0206. The summed E-state index contributed by atoms with van der Waals surface area (Å²) in [5.41, 5.74) is 2.39. The molecule has 0 saturated heterocycles. The van der Waals surface area contributed by atoms with E-state index in [2.05, 4.69) is 17.1 Å². The Bertz CT molecular complexity index is 991. The lowest BCUT2D eigenvalue weighted by Gasteiger charge is -2.33. The lowest BCUT2D eigenvalue weighted by molar-refractivity contribution is -0.133. The number of rotatable bonds is 3. The highest BCUT2D eigenvalue weighted by Gasteiger charge is 2.26. The summed E-state index contributed by atoms with van der Waals surface area (Å²) in [6, 6.07) is 10.1. The lowest BCUT2D eigenvalue weighted by atomic mass is 9.87. The number of amides is 1. The largest absolute Gasteiger partial charge is 0.337 e. The molecule has 1 unspecified atom stereocenters. The third kappa shape index (κ3) is 2.87. The normalized spacial score (nSPS) is 16.6. The average molecular weight is 353 g/mol. The van der Waals surface area contributed by atoms with Crippen molar-refractivity contribution >= 4 is 27.5 Å². The van der Waals surface area contributed by atoms with Crippen LogP contribution in [0.5, 0.6) is 0 Å². The van der Waals surface area contributed by atoms with Gasteiger partial charge >= 0.3 is 0 Å². The second kappa shape index (κ2) is 6.44. The Morgan fingerprint density at radius 2 is 2.20 bits per heavy atom. The molecular weight excluding hydrogens is 334 g/mol. The van der Waals surface area contributed by atoms with Gasteiger partial charge in [0, 0.05) is 7.05 Å². The van der Waals surface area contributed by atoms with E-state index >= 15 is 0 Å². The Balaban J connectivity index is 1.59. The maximum absolute atomic E-state index is 12.8. The minimum absolute atomic E-state index is 0.0206. The number of hydrogen-bond donors (Lipinski definition) is 0. The van der Waals surface area contributed by atoms with Crippen molar-refractivity contribution in [3.63, 3.8) is 0 Å². The molecule has 1 aromatic carbocycles. The van der Waals surface area contributed by atoms with Crippen LogP contribution in [0.1, 0.15) is 30.0 Å². The van der Waals surface area contributed by atoms with Crippen LogP contribution in [0, 0.1) is 0 Å². The number of fused-ring (bicyclic) bond motifs is 2. The number of aryl methyl sites for hydroxylation is 1. The summed E-state index contributed by atoms with van der Waals surface area (Å²) >= 11 is 1.43. The van der Waals surface area contributed by atoms with Crippen LogP contribution in [0.25, 0.3) is 10.2 Å². The molecule has 0 spiro atoms. The third-order valence-corrected chi connectivity index (χ3v) is 5.78. The van der Waals surface area contributed by atoms with Crippen molar-refractivity contribution in [3.8, 4) is 0 Å². The fourth-order valence-corrected chi connectivity index (χ4v) is 4.29. The van der Waals surface area contributed by atoms with Gasteiger partial charge in [0.25, 0.3) is 5.56 Å². The number of carbonyl (C=O) groups is 1. The maximum atomic E-state index is 12.8. The van der Waals surface area contributed by atoms with E-state index in [1.54, 1.807) is 11.0 Å². The van der Waals surface area contributed by atoms with E-state index in [0.717, 1.165) is 19.3 Å². The first-order valence-corrected chi connectivity index (χ1v) is 9.29. The summed E-state index contributed by atoms with van der Waals surface area (Å²) in [4.78, 5) is 32.0. The molecule has 1 atom stereocenters. The van der Waals surface area contributed by atoms with Gasteiger partial charge in [0.2, 0.25) is 5.91 Å². The molecule has 25 heavy (non-hydrogen) atoms. The summed E-state index contributed by atoms with van der Waals surface area (Å²) in [6.07, 6.45) is 4.56. The van der Waals surface area contributed by atoms with Crippen molar-refractivity contribution in [2.75, 3.05) is 7.05 Å². The van der Waals surface area contributed by atoms with Crippen molar-refractivity contribution in [1.82, 2.24) is 14.5 Å². The zero-order valence-corrected chi connectivity index (χ0v) is 14.8. The van der Waals surface area contributed by atoms with Gasteiger partial charge in [0.1, 0.15) is 11.4 Å². The molecule has 0 fully saturated rings. The highest BCUT2D eigenvalue weighted by molar-refractivity contribution is 7.16. The average Bonchev–Trinajstić information content (AvgIpc) is 3.12. The van der Waals surface area contributed by atoms with Crippen LogP contribution in [-0.2, 0) is 17.8 Å². The van der Waals surface area contributed by atoms with Crippen molar-refractivity contribution in [2.24, 2.45) is 0 Å². The lowest BCUT2D eigenvalue weighted by Crippen LogP contribution is -2.37. The smallest absolute Gasteiger partial charge is 0.262 e. The second-order valence-corrected chi connectivity index (χ2v) is 7.32. The number of benzene rings is 1. The van der Waals surface area contributed by atoms with Gasteiger partial charge < -0.3 is 4.90 Å². The zero-order chi connectivity index (χ0) is 17.4. The molecule has 1 amide bonds.